The minimum Gasteiger partial charge on any atom is -0.322 e. The molecule has 0 aliphatic carbocycles. The van der Waals surface area contributed by atoms with Crippen LogP contribution >= 0.6 is 0 Å². The second-order valence-corrected chi connectivity index (χ2v) is 8.87. The number of amides is 1. The van der Waals surface area contributed by atoms with Gasteiger partial charge in [-0.15, -0.1) is 0 Å². The maximum atomic E-state index is 13.4. The fourth-order valence-corrected chi connectivity index (χ4v) is 4.36. The summed E-state index contributed by atoms with van der Waals surface area (Å²) < 4.78 is 41.6. The van der Waals surface area contributed by atoms with Crippen LogP contribution in [-0.2, 0) is 16.4 Å². The highest BCUT2D eigenvalue weighted by Gasteiger charge is 2.19. The second kappa shape index (κ2) is 9.19. The van der Waals surface area contributed by atoms with Gasteiger partial charge >= 0.3 is 0 Å². The van der Waals surface area contributed by atoms with Crippen LogP contribution < -0.4 is 10.0 Å². The third kappa shape index (κ3) is 5.52. The van der Waals surface area contributed by atoms with Crippen LogP contribution in [-0.4, -0.2) is 20.4 Å². The summed E-state index contributed by atoms with van der Waals surface area (Å²) in [6.07, 6.45) is 0.546. The molecule has 156 valence electrons. The number of nitrogens with one attached hydrogen (secondary N) is 2. The van der Waals surface area contributed by atoms with Gasteiger partial charge in [-0.2, -0.15) is 0 Å². The molecule has 0 radical (unpaired) electrons. The normalized spacial score (nSPS) is 12.4. The molecule has 1 atom stereocenters. The van der Waals surface area contributed by atoms with E-state index >= 15 is 0 Å². The van der Waals surface area contributed by atoms with E-state index in [0.29, 0.717) is 17.7 Å². The van der Waals surface area contributed by atoms with E-state index in [1.54, 1.807) is 13.8 Å². The molecule has 0 fully saturated rings. The van der Waals surface area contributed by atoms with E-state index in [9.17, 15) is 17.6 Å². The molecule has 3 aromatic carbocycles. The number of carbonyl (C=O) groups excluding carboxylic acids is 1. The Labute approximate surface area is 176 Å². The van der Waals surface area contributed by atoms with Crippen LogP contribution in [0, 0.1) is 12.7 Å². The average molecular weight is 427 g/mol. The predicted molar refractivity (Wildman–Crippen MR) is 115 cm³/mol. The lowest BCUT2D eigenvalue weighted by molar-refractivity contribution is 0.102. The van der Waals surface area contributed by atoms with Crippen LogP contribution in [0.25, 0.3) is 0 Å². The fourth-order valence-electron chi connectivity index (χ4n) is 3.07. The number of anilines is 1. The van der Waals surface area contributed by atoms with Crippen LogP contribution in [0.5, 0.6) is 0 Å². The number of halogens is 1. The molecule has 2 N–H and O–H groups in total. The number of hydrogen-bond acceptors (Lipinski definition) is 3. The van der Waals surface area contributed by atoms with Gasteiger partial charge in [-0.1, -0.05) is 36.4 Å². The van der Waals surface area contributed by atoms with E-state index in [1.807, 2.05) is 30.3 Å². The smallest absolute Gasteiger partial charge is 0.255 e. The number of aryl methyl sites for hydroxylation is 1. The van der Waals surface area contributed by atoms with Crippen molar-refractivity contribution in [2.75, 3.05) is 5.32 Å². The maximum absolute atomic E-state index is 13.4. The summed E-state index contributed by atoms with van der Waals surface area (Å²) in [5.41, 5.74) is 2.05. The molecule has 0 unspecified atom stereocenters. The van der Waals surface area contributed by atoms with Crippen molar-refractivity contribution in [3.8, 4) is 0 Å². The summed E-state index contributed by atoms with van der Waals surface area (Å²) in [5.74, 6) is -0.841. The first-order valence-electron chi connectivity index (χ1n) is 9.48. The van der Waals surface area contributed by atoms with Crippen molar-refractivity contribution in [3.05, 3.63) is 95.3 Å². The van der Waals surface area contributed by atoms with E-state index < -0.39 is 15.9 Å². The Morgan fingerprint density at radius 2 is 1.73 bits per heavy atom. The van der Waals surface area contributed by atoms with Gasteiger partial charge in [0, 0.05) is 17.3 Å². The van der Waals surface area contributed by atoms with Crippen LogP contribution in [0.3, 0.4) is 0 Å². The topological polar surface area (TPSA) is 75.3 Å². The summed E-state index contributed by atoms with van der Waals surface area (Å²) >= 11 is 0. The van der Waals surface area contributed by atoms with Crippen LogP contribution in [0.4, 0.5) is 10.1 Å². The summed E-state index contributed by atoms with van der Waals surface area (Å²) in [6.45, 7) is 3.39. The minimum absolute atomic E-state index is 0.00495. The Balaban J connectivity index is 1.72. The van der Waals surface area contributed by atoms with E-state index in [4.69, 9.17) is 0 Å². The van der Waals surface area contributed by atoms with Crippen molar-refractivity contribution in [2.45, 2.75) is 31.2 Å². The average Bonchev–Trinajstić information content (AvgIpc) is 2.71. The molecular formula is C23H23FN2O3S. The first kappa shape index (κ1) is 21.7. The molecule has 3 rings (SSSR count). The zero-order valence-corrected chi connectivity index (χ0v) is 17.5. The summed E-state index contributed by atoms with van der Waals surface area (Å²) in [4.78, 5) is 12.5. The van der Waals surface area contributed by atoms with Gasteiger partial charge in [-0.25, -0.2) is 17.5 Å². The highest BCUT2D eigenvalue weighted by atomic mass is 32.2. The SMILES string of the molecule is Cc1cc(NC(=O)c2cccc(S(=O)(=O)N[C@H](C)Cc3ccccc3)c2)ccc1F. The van der Waals surface area contributed by atoms with Gasteiger partial charge in [-0.3, -0.25) is 4.79 Å². The lowest BCUT2D eigenvalue weighted by atomic mass is 10.1. The summed E-state index contributed by atoms with van der Waals surface area (Å²) in [7, 11) is -3.80. The maximum Gasteiger partial charge on any atom is 0.255 e. The van der Waals surface area contributed by atoms with Crippen LogP contribution in [0.2, 0.25) is 0 Å². The Morgan fingerprint density at radius 1 is 1.00 bits per heavy atom. The predicted octanol–water partition coefficient (Wildman–Crippen LogP) is 4.30. The molecule has 30 heavy (non-hydrogen) atoms. The number of carbonyl (C=O) groups is 1. The lowest BCUT2D eigenvalue weighted by Crippen LogP contribution is -2.34. The number of rotatable bonds is 7. The zero-order chi connectivity index (χ0) is 21.7. The Hall–Kier alpha value is -3.03. The lowest BCUT2D eigenvalue weighted by Gasteiger charge is -2.15. The van der Waals surface area contributed by atoms with Gasteiger partial charge in [0.1, 0.15) is 5.82 Å². The Bertz CT molecular complexity index is 1150. The highest BCUT2D eigenvalue weighted by Crippen LogP contribution is 2.17. The molecule has 5 nitrogen and oxygen atoms in total. The van der Waals surface area contributed by atoms with E-state index in [2.05, 4.69) is 10.0 Å². The largest absolute Gasteiger partial charge is 0.322 e. The zero-order valence-electron chi connectivity index (χ0n) is 16.7. The van der Waals surface area contributed by atoms with Gasteiger partial charge in [0.25, 0.3) is 5.91 Å². The molecule has 0 heterocycles. The molecule has 0 saturated carbocycles. The molecular weight excluding hydrogens is 403 g/mol. The van der Waals surface area contributed by atoms with Gasteiger partial charge in [-0.05, 0) is 67.8 Å². The third-order valence-corrected chi connectivity index (χ3v) is 6.15. The first-order chi connectivity index (χ1) is 14.2. The molecule has 1 amide bonds. The first-order valence-corrected chi connectivity index (χ1v) is 11.0. The summed E-state index contributed by atoms with van der Waals surface area (Å²) in [6, 6.07) is 19.3. The number of benzene rings is 3. The van der Waals surface area contributed by atoms with Gasteiger partial charge in [0.2, 0.25) is 10.0 Å². The molecule has 0 saturated heterocycles. The minimum atomic E-state index is -3.80. The molecule has 0 spiro atoms. The standard InChI is InChI=1S/C23H23FN2O3S/c1-16-13-20(11-12-22(16)24)25-23(27)19-9-6-10-21(15-19)30(28,29)26-17(2)14-18-7-4-3-5-8-18/h3-13,15,17,26H,14H2,1-2H3,(H,25,27)/t17-/m1/s1. The second-order valence-electron chi connectivity index (χ2n) is 7.16. The van der Waals surface area contributed by atoms with Crippen molar-refractivity contribution in [1.29, 1.82) is 0 Å². The van der Waals surface area contributed by atoms with Gasteiger partial charge < -0.3 is 5.32 Å². The van der Waals surface area contributed by atoms with Crippen molar-refractivity contribution in [1.82, 2.24) is 4.72 Å². The molecule has 0 aliphatic heterocycles. The van der Waals surface area contributed by atoms with E-state index in [0.717, 1.165) is 5.56 Å². The van der Waals surface area contributed by atoms with E-state index in [-0.39, 0.29) is 22.3 Å². The Morgan fingerprint density at radius 3 is 2.43 bits per heavy atom. The summed E-state index contributed by atoms with van der Waals surface area (Å²) in [5, 5.41) is 2.66. The quantitative estimate of drug-likeness (QED) is 0.592. The van der Waals surface area contributed by atoms with Crippen molar-refractivity contribution < 1.29 is 17.6 Å². The molecule has 3 aromatic rings. The van der Waals surface area contributed by atoms with Crippen LogP contribution in [0.1, 0.15) is 28.4 Å². The third-order valence-electron chi connectivity index (χ3n) is 4.56. The molecule has 0 bridgehead atoms. The fraction of sp³-hybridized carbons (Fsp3) is 0.174. The number of hydrogen-bond donors (Lipinski definition) is 2. The van der Waals surface area contributed by atoms with Crippen molar-refractivity contribution >= 4 is 21.6 Å². The van der Waals surface area contributed by atoms with Crippen LogP contribution in [0.15, 0.2) is 77.7 Å². The van der Waals surface area contributed by atoms with Crippen molar-refractivity contribution in [2.24, 2.45) is 0 Å². The monoisotopic (exact) mass is 426 g/mol. The number of sulfonamides is 1. The van der Waals surface area contributed by atoms with Gasteiger partial charge in [0.15, 0.2) is 0 Å². The molecule has 7 heteroatoms. The van der Waals surface area contributed by atoms with Crippen molar-refractivity contribution in [3.63, 3.8) is 0 Å². The molecule has 0 aliphatic rings. The Kier molecular flexibility index (Phi) is 6.64. The van der Waals surface area contributed by atoms with E-state index in [1.165, 1.54) is 42.5 Å². The highest BCUT2D eigenvalue weighted by molar-refractivity contribution is 7.89. The molecule has 0 aromatic heterocycles. The van der Waals surface area contributed by atoms with Gasteiger partial charge in [0.05, 0.1) is 4.90 Å².